The molecule has 0 unspecified atom stereocenters. The standard InChI is InChI=1S/C17H8F3O3S/c18-17(19,20)13-4-2-1-3-10(13)9-5-6-14-11(7-9)15(22)12(8-21)16(23)24-14/h1-7,22H. The first kappa shape index (κ1) is 16.2. The summed E-state index contributed by atoms with van der Waals surface area (Å²) in [4.78, 5) is 22.5. The summed E-state index contributed by atoms with van der Waals surface area (Å²) in [5, 5.41) is 10.2. The molecule has 0 aliphatic carbocycles. The smallest absolute Gasteiger partial charge is 0.417 e. The first-order chi connectivity index (χ1) is 11.3. The highest BCUT2D eigenvalue weighted by molar-refractivity contribution is 7.16. The Balaban J connectivity index is 2.31. The van der Waals surface area contributed by atoms with Crippen molar-refractivity contribution in [2.75, 3.05) is 0 Å². The van der Waals surface area contributed by atoms with Crippen molar-refractivity contribution in [2.45, 2.75) is 6.18 Å². The topological polar surface area (TPSA) is 54.4 Å². The van der Waals surface area contributed by atoms with E-state index in [0.717, 1.165) is 17.4 Å². The molecule has 121 valence electrons. The molecule has 24 heavy (non-hydrogen) atoms. The molecule has 0 atom stereocenters. The Labute approximate surface area is 137 Å². The first-order valence-electron chi connectivity index (χ1n) is 6.67. The van der Waals surface area contributed by atoms with E-state index in [-0.39, 0.29) is 16.5 Å². The maximum Gasteiger partial charge on any atom is 0.417 e. The van der Waals surface area contributed by atoms with Crippen molar-refractivity contribution in [1.82, 2.24) is 0 Å². The van der Waals surface area contributed by atoms with Gasteiger partial charge < -0.3 is 5.11 Å². The van der Waals surface area contributed by atoms with E-state index >= 15 is 0 Å². The third kappa shape index (κ3) is 2.67. The second kappa shape index (κ2) is 5.76. The quantitative estimate of drug-likeness (QED) is 0.757. The minimum atomic E-state index is -4.53. The van der Waals surface area contributed by atoms with Crippen LogP contribution in [0.25, 0.3) is 21.2 Å². The van der Waals surface area contributed by atoms with Gasteiger partial charge in [0.1, 0.15) is 11.3 Å². The maximum absolute atomic E-state index is 13.2. The molecule has 0 amide bonds. The van der Waals surface area contributed by atoms with Crippen molar-refractivity contribution < 1.29 is 23.1 Å². The lowest BCUT2D eigenvalue weighted by Gasteiger charge is -2.13. The molecular weight excluding hydrogens is 341 g/mol. The molecule has 1 N–H and O–H groups in total. The number of hydrogen-bond donors (Lipinski definition) is 1. The van der Waals surface area contributed by atoms with Crippen molar-refractivity contribution in [1.29, 1.82) is 0 Å². The van der Waals surface area contributed by atoms with E-state index in [1.54, 1.807) is 0 Å². The zero-order valence-corrected chi connectivity index (χ0v) is 12.7. The Morgan fingerprint density at radius 2 is 1.79 bits per heavy atom. The zero-order valence-electron chi connectivity index (χ0n) is 11.8. The van der Waals surface area contributed by atoms with Crippen molar-refractivity contribution in [3.05, 3.63) is 63.1 Å². The van der Waals surface area contributed by atoms with Crippen LogP contribution in [0.4, 0.5) is 13.2 Å². The van der Waals surface area contributed by atoms with Gasteiger partial charge in [-0.25, -0.2) is 0 Å². The molecule has 0 saturated heterocycles. The summed E-state index contributed by atoms with van der Waals surface area (Å²) >= 11 is 0.720. The highest BCUT2D eigenvalue weighted by Crippen LogP contribution is 2.39. The number of carbonyl (C=O) groups excluding carboxylic acids is 1. The van der Waals surface area contributed by atoms with Gasteiger partial charge in [-0.3, -0.25) is 9.59 Å². The molecule has 1 aromatic heterocycles. The van der Waals surface area contributed by atoms with Crippen LogP contribution in [-0.2, 0) is 11.0 Å². The summed E-state index contributed by atoms with van der Waals surface area (Å²) in [6.45, 7) is 0. The number of halogens is 3. The van der Waals surface area contributed by atoms with Gasteiger partial charge in [-0.05, 0) is 29.3 Å². The number of hydrogen-bond acceptors (Lipinski definition) is 4. The van der Waals surface area contributed by atoms with E-state index in [9.17, 15) is 27.9 Å². The Hall–Kier alpha value is -2.67. The summed E-state index contributed by atoms with van der Waals surface area (Å²) in [5.41, 5.74) is -1.17. The highest BCUT2D eigenvalue weighted by atomic mass is 32.1. The molecule has 2 aromatic carbocycles. The molecule has 3 aromatic rings. The molecule has 0 saturated carbocycles. The minimum absolute atomic E-state index is 0.0564. The van der Waals surface area contributed by atoms with Gasteiger partial charge in [0.05, 0.1) is 5.56 Å². The van der Waals surface area contributed by atoms with E-state index < -0.39 is 27.8 Å². The van der Waals surface area contributed by atoms with Crippen LogP contribution in [0.3, 0.4) is 0 Å². The van der Waals surface area contributed by atoms with Crippen LogP contribution in [0.5, 0.6) is 5.75 Å². The molecule has 0 bridgehead atoms. The minimum Gasteiger partial charge on any atom is -0.506 e. The van der Waals surface area contributed by atoms with Gasteiger partial charge in [0, 0.05) is 10.1 Å². The van der Waals surface area contributed by atoms with Crippen LogP contribution in [0.15, 0.2) is 47.3 Å². The normalized spacial score (nSPS) is 11.6. The van der Waals surface area contributed by atoms with E-state index in [1.165, 1.54) is 42.7 Å². The van der Waals surface area contributed by atoms with E-state index in [2.05, 4.69) is 0 Å². The highest BCUT2D eigenvalue weighted by Gasteiger charge is 2.33. The van der Waals surface area contributed by atoms with Crippen molar-refractivity contribution in [2.24, 2.45) is 0 Å². The molecule has 0 fully saturated rings. The van der Waals surface area contributed by atoms with Gasteiger partial charge in [-0.2, -0.15) is 13.2 Å². The fourth-order valence-electron chi connectivity index (χ4n) is 2.43. The van der Waals surface area contributed by atoms with Crippen LogP contribution < -0.4 is 4.74 Å². The number of fused-ring (bicyclic) bond motifs is 1. The largest absolute Gasteiger partial charge is 0.506 e. The van der Waals surface area contributed by atoms with Crippen LogP contribution in [0.1, 0.15) is 11.1 Å². The summed E-state index contributed by atoms with van der Waals surface area (Å²) in [7, 11) is 0. The van der Waals surface area contributed by atoms with Crippen LogP contribution >= 0.6 is 11.3 Å². The lowest BCUT2D eigenvalue weighted by atomic mass is 9.98. The Bertz CT molecular complexity index is 1010. The first-order valence-corrected chi connectivity index (χ1v) is 7.49. The molecule has 7 heteroatoms. The maximum atomic E-state index is 13.2. The van der Waals surface area contributed by atoms with E-state index in [0.29, 0.717) is 4.70 Å². The van der Waals surface area contributed by atoms with E-state index in [4.69, 9.17) is 0 Å². The summed E-state index contributed by atoms with van der Waals surface area (Å²) in [6, 6.07) is 9.25. The number of aromatic hydroxyl groups is 1. The van der Waals surface area contributed by atoms with Gasteiger partial charge in [-0.15, -0.1) is 0 Å². The average Bonchev–Trinajstić information content (AvgIpc) is 2.54. The van der Waals surface area contributed by atoms with Gasteiger partial charge in [0.25, 0.3) is 0 Å². The molecule has 3 rings (SSSR count). The third-order valence-corrected chi connectivity index (χ3v) is 4.49. The van der Waals surface area contributed by atoms with Crippen molar-refractivity contribution in [3.8, 4) is 16.9 Å². The predicted molar refractivity (Wildman–Crippen MR) is 85.0 cm³/mol. The number of alkyl halides is 3. The van der Waals surface area contributed by atoms with Gasteiger partial charge in [0.15, 0.2) is 0 Å². The van der Waals surface area contributed by atoms with E-state index in [1.807, 2.05) is 0 Å². The summed E-state index contributed by atoms with van der Waals surface area (Å²) in [5.74, 6) is -0.574. The average molecular weight is 349 g/mol. The molecule has 0 spiro atoms. The third-order valence-electron chi connectivity index (χ3n) is 3.52. The SMILES string of the molecule is O=[C]c1c(O)c2cc(-c3ccccc3C(F)(F)F)ccc2sc1=O. The Kier molecular flexibility index (Phi) is 3.88. The second-order valence-electron chi connectivity index (χ2n) is 4.97. The monoisotopic (exact) mass is 349 g/mol. The molecule has 1 radical (unpaired) electrons. The summed E-state index contributed by atoms with van der Waals surface area (Å²) < 4.78 is 39.2. The Morgan fingerprint density at radius 3 is 2.46 bits per heavy atom. The van der Waals surface area contributed by atoms with Gasteiger partial charge >= 0.3 is 6.18 Å². The van der Waals surface area contributed by atoms with Crippen LogP contribution in [-0.4, -0.2) is 11.4 Å². The molecular formula is C17H8F3O3S. The Morgan fingerprint density at radius 1 is 1.08 bits per heavy atom. The predicted octanol–water partition coefficient (Wildman–Crippen LogP) is 4.11. The zero-order chi connectivity index (χ0) is 17.5. The summed E-state index contributed by atoms with van der Waals surface area (Å²) in [6.07, 6.45) is -3.16. The molecule has 3 nitrogen and oxygen atoms in total. The lowest BCUT2D eigenvalue weighted by molar-refractivity contribution is -0.137. The fourth-order valence-corrected chi connectivity index (χ4v) is 3.27. The van der Waals surface area contributed by atoms with Crippen LogP contribution in [0.2, 0.25) is 0 Å². The molecule has 0 aliphatic rings. The fraction of sp³-hybridized carbons (Fsp3) is 0.0588. The van der Waals surface area contributed by atoms with Crippen molar-refractivity contribution >= 4 is 27.7 Å². The van der Waals surface area contributed by atoms with Crippen molar-refractivity contribution in [3.63, 3.8) is 0 Å². The second-order valence-corrected chi connectivity index (χ2v) is 5.98. The molecule has 0 aliphatic heterocycles. The number of rotatable bonds is 2. The molecule has 1 heterocycles. The van der Waals surface area contributed by atoms with Crippen LogP contribution in [0, 0.1) is 0 Å². The lowest BCUT2D eigenvalue weighted by Crippen LogP contribution is -2.07. The van der Waals surface area contributed by atoms with Gasteiger partial charge in [-0.1, -0.05) is 35.6 Å². The number of benzene rings is 2. The van der Waals surface area contributed by atoms with Gasteiger partial charge in [0.2, 0.25) is 11.0 Å².